The molecule has 0 fully saturated rings. The molecule has 0 saturated heterocycles. The van der Waals surface area contributed by atoms with Crippen LogP contribution in [0.25, 0.3) is 11.0 Å². The summed E-state index contributed by atoms with van der Waals surface area (Å²) < 4.78 is 35.0. The number of nitrogens with zero attached hydrogens (tertiary/aromatic N) is 3. The molecule has 9 heteroatoms. The van der Waals surface area contributed by atoms with Crippen molar-refractivity contribution in [1.29, 1.82) is 0 Å². The normalized spacial score (nSPS) is 11.8. The predicted molar refractivity (Wildman–Crippen MR) is 135 cm³/mol. The number of hydrogen-bond acceptors (Lipinski definition) is 5. The van der Waals surface area contributed by atoms with Crippen LogP contribution < -0.4 is 10.1 Å². The molecule has 3 rings (SSSR count). The highest BCUT2D eigenvalue weighted by Gasteiger charge is 2.23. The molecule has 0 unspecified atom stereocenters. The lowest BCUT2D eigenvalue weighted by molar-refractivity contribution is -0.116. The number of para-hydroxylation sites is 2. The quantitative estimate of drug-likeness (QED) is 0.408. The van der Waals surface area contributed by atoms with Crippen molar-refractivity contribution >= 4 is 32.7 Å². The summed E-state index contributed by atoms with van der Waals surface area (Å²) in [5.41, 5.74) is 2.12. The van der Waals surface area contributed by atoms with Crippen LogP contribution in [0.1, 0.15) is 46.4 Å². The van der Waals surface area contributed by atoms with E-state index < -0.39 is 10.0 Å². The predicted octanol–water partition coefficient (Wildman–Crippen LogP) is 4.45. The molecule has 0 saturated carbocycles. The Morgan fingerprint density at radius 3 is 2.50 bits per heavy atom. The van der Waals surface area contributed by atoms with Gasteiger partial charge in [0.1, 0.15) is 11.6 Å². The van der Waals surface area contributed by atoms with E-state index in [0.717, 1.165) is 17.8 Å². The minimum Gasteiger partial charge on any atom is -0.491 e. The van der Waals surface area contributed by atoms with Crippen LogP contribution in [-0.4, -0.2) is 47.9 Å². The molecule has 3 aromatic rings. The molecule has 8 nitrogen and oxygen atoms in total. The zero-order chi connectivity index (χ0) is 24.7. The Balaban J connectivity index is 1.78. The molecule has 0 aliphatic rings. The van der Waals surface area contributed by atoms with Gasteiger partial charge in [-0.2, -0.15) is 4.31 Å². The zero-order valence-corrected chi connectivity index (χ0v) is 21.2. The smallest absolute Gasteiger partial charge is 0.243 e. The minimum atomic E-state index is -3.57. The molecule has 1 aromatic heterocycles. The van der Waals surface area contributed by atoms with Crippen LogP contribution in [0.2, 0.25) is 0 Å². The summed E-state index contributed by atoms with van der Waals surface area (Å²) in [6, 6.07) is 12.4. The van der Waals surface area contributed by atoms with Gasteiger partial charge in [0.05, 0.1) is 28.2 Å². The molecule has 0 atom stereocenters. The first-order valence-corrected chi connectivity index (χ1v) is 13.3. The molecule has 0 aliphatic carbocycles. The number of aryl methyl sites for hydroxylation is 2. The van der Waals surface area contributed by atoms with Gasteiger partial charge in [-0.25, -0.2) is 13.4 Å². The fourth-order valence-corrected chi connectivity index (χ4v) is 5.40. The van der Waals surface area contributed by atoms with Gasteiger partial charge in [0.25, 0.3) is 0 Å². The average Bonchev–Trinajstić information content (AvgIpc) is 3.19. The fraction of sp³-hybridized carbons (Fsp3) is 0.440. The summed E-state index contributed by atoms with van der Waals surface area (Å²) in [5, 5.41) is 2.93. The topological polar surface area (TPSA) is 93.5 Å². The number of anilines is 1. The Morgan fingerprint density at radius 2 is 1.82 bits per heavy atom. The highest BCUT2D eigenvalue weighted by atomic mass is 32.2. The Kier molecular flexibility index (Phi) is 8.68. The van der Waals surface area contributed by atoms with Crippen molar-refractivity contribution in [3.8, 4) is 5.75 Å². The number of ether oxygens (including phenoxy) is 1. The number of rotatable bonds is 12. The summed E-state index contributed by atoms with van der Waals surface area (Å²) in [5.74, 6) is 1.27. The van der Waals surface area contributed by atoms with E-state index >= 15 is 0 Å². The summed E-state index contributed by atoms with van der Waals surface area (Å²) in [6.07, 6.45) is 1.56. The Hall–Kier alpha value is -2.91. The highest BCUT2D eigenvalue weighted by molar-refractivity contribution is 7.89. The number of carbonyl (C=O) groups is 1. The van der Waals surface area contributed by atoms with E-state index in [-0.39, 0.29) is 17.2 Å². The van der Waals surface area contributed by atoms with Crippen LogP contribution in [0, 0.1) is 0 Å². The third-order valence-corrected chi connectivity index (χ3v) is 7.70. The number of sulfonamides is 1. The first-order valence-electron chi connectivity index (χ1n) is 11.9. The molecule has 34 heavy (non-hydrogen) atoms. The van der Waals surface area contributed by atoms with Gasteiger partial charge in [0.2, 0.25) is 15.9 Å². The van der Waals surface area contributed by atoms with Crippen molar-refractivity contribution in [2.45, 2.75) is 58.4 Å². The van der Waals surface area contributed by atoms with E-state index in [4.69, 9.17) is 4.74 Å². The van der Waals surface area contributed by atoms with Gasteiger partial charge >= 0.3 is 0 Å². The van der Waals surface area contributed by atoms with Crippen LogP contribution in [0.15, 0.2) is 47.4 Å². The molecule has 1 amide bonds. The zero-order valence-electron chi connectivity index (χ0n) is 20.4. The van der Waals surface area contributed by atoms with Gasteiger partial charge in [0, 0.05) is 32.5 Å². The molecule has 0 spiro atoms. The third kappa shape index (κ3) is 5.59. The maximum atomic E-state index is 12.9. The van der Waals surface area contributed by atoms with E-state index in [1.54, 1.807) is 18.2 Å². The molecule has 0 radical (unpaired) electrons. The van der Waals surface area contributed by atoms with Crippen molar-refractivity contribution < 1.29 is 17.9 Å². The Bertz CT molecular complexity index is 1230. The lowest BCUT2D eigenvalue weighted by Crippen LogP contribution is -2.30. The second-order valence-corrected chi connectivity index (χ2v) is 9.84. The van der Waals surface area contributed by atoms with E-state index in [1.807, 2.05) is 56.5 Å². The molecule has 1 N–H and O–H groups in total. The van der Waals surface area contributed by atoms with Gasteiger partial charge in [-0.15, -0.1) is 0 Å². The Morgan fingerprint density at radius 1 is 1.09 bits per heavy atom. The number of amides is 1. The molecule has 0 bridgehead atoms. The van der Waals surface area contributed by atoms with Gasteiger partial charge in [-0.05, 0) is 43.7 Å². The van der Waals surface area contributed by atoms with Gasteiger partial charge < -0.3 is 14.6 Å². The van der Waals surface area contributed by atoms with Crippen LogP contribution >= 0.6 is 0 Å². The molecule has 184 valence electrons. The molecular weight excluding hydrogens is 452 g/mol. The van der Waals surface area contributed by atoms with E-state index in [1.165, 1.54) is 4.31 Å². The molecular formula is C25H34N4O4S. The molecule has 0 aliphatic heterocycles. The fourth-order valence-electron chi connectivity index (χ4n) is 3.92. The third-order valence-electron chi connectivity index (χ3n) is 5.66. The first-order chi connectivity index (χ1) is 16.3. The number of hydrogen-bond donors (Lipinski definition) is 1. The first kappa shape index (κ1) is 25.7. The maximum Gasteiger partial charge on any atom is 0.243 e. The lowest BCUT2D eigenvalue weighted by atomic mass is 10.2. The SMILES string of the molecule is CCCOc1ccccc1NC(=O)CCc1nc2cc(S(=O)(=O)N(CC)CC)ccc2n1CC. The van der Waals surface area contributed by atoms with E-state index in [0.29, 0.717) is 49.6 Å². The highest BCUT2D eigenvalue weighted by Crippen LogP contribution is 2.25. The monoisotopic (exact) mass is 486 g/mol. The largest absolute Gasteiger partial charge is 0.491 e. The Labute approximate surface area is 202 Å². The average molecular weight is 487 g/mol. The van der Waals surface area contributed by atoms with Gasteiger partial charge in [-0.1, -0.05) is 32.9 Å². The van der Waals surface area contributed by atoms with E-state index in [9.17, 15) is 13.2 Å². The van der Waals surface area contributed by atoms with Crippen LogP contribution in [-0.2, 0) is 27.8 Å². The summed E-state index contributed by atoms with van der Waals surface area (Å²) >= 11 is 0. The molecule has 1 heterocycles. The van der Waals surface area contributed by atoms with Crippen LogP contribution in [0.4, 0.5) is 5.69 Å². The standard InChI is InChI=1S/C25H34N4O4S/c1-5-17-33-23-12-10-9-11-20(23)27-25(30)16-15-24-26-21-18-19(13-14-22(21)29(24)8-4)34(31,32)28(6-2)7-3/h9-14,18H,5-8,15-17H2,1-4H3,(H,27,30). The van der Waals surface area contributed by atoms with Crippen LogP contribution in [0.5, 0.6) is 5.75 Å². The van der Waals surface area contributed by atoms with Crippen molar-refractivity contribution in [1.82, 2.24) is 13.9 Å². The second-order valence-electron chi connectivity index (χ2n) is 7.90. The number of benzene rings is 2. The lowest BCUT2D eigenvalue weighted by Gasteiger charge is -2.18. The van der Waals surface area contributed by atoms with Crippen LogP contribution in [0.3, 0.4) is 0 Å². The van der Waals surface area contributed by atoms with Crippen molar-refractivity contribution in [3.05, 3.63) is 48.3 Å². The van der Waals surface area contributed by atoms with Crippen molar-refractivity contribution in [2.75, 3.05) is 25.0 Å². The van der Waals surface area contributed by atoms with Gasteiger partial charge in [-0.3, -0.25) is 4.79 Å². The number of fused-ring (bicyclic) bond motifs is 1. The maximum absolute atomic E-state index is 12.9. The second kappa shape index (κ2) is 11.5. The van der Waals surface area contributed by atoms with Gasteiger partial charge in [0.15, 0.2) is 0 Å². The number of nitrogens with one attached hydrogen (secondary N) is 1. The molecule has 2 aromatic carbocycles. The minimum absolute atomic E-state index is 0.132. The summed E-state index contributed by atoms with van der Waals surface area (Å²) in [7, 11) is -3.57. The van der Waals surface area contributed by atoms with Crippen molar-refractivity contribution in [3.63, 3.8) is 0 Å². The summed E-state index contributed by atoms with van der Waals surface area (Å²) in [4.78, 5) is 17.6. The summed E-state index contributed by atoms with van der Waals surface area (Å²) in [6.45, 7) is 9.75. The van der Waals surface area contributed by atoms with E-state index in [2.05, 4.69) is 10.3 Å². The number of imidazole rings is 1. The number of carbonyl (C=O) groups excluding carboxylic acids is 1. The number of aromatic nitrogens is 2. The van der Waals surface area contributed by atoms with Crippen molar-refractivity contribution in [2.24, 2.45) is 0 Å².